The summed E-state index contributed by atoms with van der Waals surface area (Å²) in [6, 6.07) is 1.86. The third kappa shape index (κ3) is 3.95. The van der Waals surface area contributed by atoms with Gasteiger partial charge in [-0.25, -0.2) is 0 Å². The van der Waals surface area contributed by atoms with E-state index in [0.29, 0.717) is 13.2 Å². The molecule has 4 nitrogen and oxygen atoms in total. The third-order valence-electron chi connectivity index (χ3n) is 4.35. The van der Waals surface area contributed by atoms with Crippen LogP contribution in [0.25, 0.3) is 0 Å². The van der Waals surface area contributed by atoms with E-state index in [-0.39, 0.29) is 11.6 Å². The molecule has 21 heavy (non-hydrogen) atoms. The molecular weight excluding hydrogens is 264 g/mol. The quantitative estimate of drug-likeness (QED) is 0.814. The minimum atomic E-state index is -0.252. The summed E-state index contributed by atoms with van der Waals surface area (Å²) < 4.78 is 11.7. The first kappa shape index (κ1) is 16.2. The molecule has 0 amide bonds. The minimum absolute atomic E-state index is 0.150. The summed E-state index contributed by atoms with van der Waals surface area (Å²) in [6.07, 6.45) is 10.6. The summed E-state index contributed by atoms with van der Waals surface area (Å²) in [4.78, 5) is 4.27. The third-order valence-corrected chi connectivity index (χ3v) is 4.35. The van der Waals surface area contributed by atoms with Crippen molar-refractivity contribution in [2.75, 3.05) is 13.2 Å². The van der Waals surface area contributed by atoms with E-state index in [4.69, 9.17) is 15.2 Å². The zero-order valence-electron chi connectivity index (χ0n) is 13.3. The number of nitrogens with two attached hydrogens (primary N) is 1. The molecule has 4 heteroatoms. The maximum atomic E-state index is 6.60. The van der Waals surface area contributed by atoms with E-state index in [9.17, 15) is 0 Å². The molecule has 1 fully saturated rings. The topological polar surface area (TPSA) is 57.4 Å². The number of pyridine rings is 1. The zero-order valence-corrected chi connectivity index (χ0v) is 13.3. The van der Waals surface area contributed by atoms with E-state index >= 15 is 0 Å². The summed E-state index contributed by atoms with van der Waals surface area (Å²) in [5.74, 6) is 0.783. The highest BCUT2D eigenvalue weighted by Crippen LogP contribution is 2.39. The van der Waals surface area contributed by atoms with Crippen LogP contribution in [0, 0.1) is 0 Å². The molecule has 0 radical (unpaired) electrons. The second-order valence-corrected chi connectivity index (χ2v) is 5.78. The summed E-state index contributed by atoms with van der Waals surface area (Å²) >= 11 is 0. The van der Waals surface area contributed by atoms with Crippen LogP contribution in [0.3, 0.4) is 0 Å². The van der Waals surface area contributed by atoms with Crippen molar-refractivity contribution in [1.82, 2.24) is 4.98 Å². The predicted octanol–water partition coefficient (Wildman–Crippen LogP) is 3.61. The molecule has 1 aromatic heterocycles. The van der Waals surface area contributed by atoms with Crippen LogP contribution >= 0.6 is 0 Å². The molecule has 118 valence electrons. The van der Waals surface area contributed by atoms with Crippen LogP contribution < -0.4 is 10.5 Å². The van der Waals surface area contributed by atoms with Gasteiger partial charge in [0, 0.05) is 12.8 Å². The first-order valence-electron chi connectivity index (χ1n) is 8.19. The van der Waals surface area contributed by atoms with Gasteiger partial charge in [-0.05, 0) is 38.3 Å². The molecule has 1 aromatic rings. The van der Waals surface area contributed by atoms with Gasteiger partial charge in [-0.3, -0.25) is 4.98 Å². The van der Waals surface area contributed by atoms with Crippen LogP contribution in [-0.4, -0.2) is 23.8 Å². The first-order valence-corrected chi connectivity index (χ1v) is 8.19. The van der Waals surface area contributed by atoms with Crippen molar-refractivity contribution >= 4 is 0 Å². The average molecular weight is 292 g/mol. The van der Waals surface area contributed by atoms with Gasteiger partial charge in [0.15, 0.2) is 0 Å². The lowest BCUT2D eigenvalue weighted by Gasteiger charge is -2.38. The molecule has 0 spiro atoms. The highest BCUT2D eigenvalue weighted by Gasteiger charge is 2.38. The zero-order chi connectivity index (χ0) is 15.1. The van der Waals surface area contributed by atoms with Gasteiger partial charge < -0.3 is 15.2 Å². The van der Waals surface area contributed by atoms with E-state index in [1.165, 1.54) is 25.7 Å². The Morgan fingerprint density at radius 1 is 1.14 bits per heavy atom. The standard InChI is InChI=1S/C17H28N2O2/c1-3-20-15-11-14(12-19-13-15)16(18)17(21-4-2)9-7-5-6-8-10-17/h11-13,16H,3-10,18H2,1-2H3. The van der Waals surface area contributed by atoms with Gasteiger partial charge in [0.2, 0.25) is 0 Å². The van der Waals surface area contributed by atoms with Crippen LogP contribution in [0.5, 0.6) is 5.75 Å². The van der Waals surface area contributed by atoms with E-state index in [0.717, 1.165) is 24.2 Å². The van der Waals surface area contributed by atoms with Crippen molar-refractivity contribution in [3.8, 4) is 5.75 Å². The Bertz CT molecular complexity index is 429. The highest BCUT2D eigenvalue weighted by molar-refractivity contribution is 5.28. The van der Waals surface area contributed by atoms with Crippen molar-refractivity contribution in [3.63, 3.8) is 0 Å². The Morgan fingerprint density at radius 3 is 2.48 bits per heavy atom. The lowest BCUT2D eigenvalue weighted by atomic mass is 9.83. The van der Waals surface area contributed by atoms with Gasteiger partial charge in [0.05, 0.1) is 24.4 Å². The number of nitrogens with zero attached hydrogens (tertiary/aromatic N) is 1. The Hall–Kier alpha value is -1.13. The molecule has 1 heterocycles. The Kier molecular flexibility index (Phi) is 6.00. The van der Waals surface area contributed by atoms with E-state index in [1.54, 1.807) is 6.20 Å². The maximum Gasteiger partial charge on any atom is 0.137 e. The van der Waals surface area contributed by atoms with Gasteiger partial charge in [0.1, 0.15) is 5.75 Å². The normalized spacial score (nSPS) is 19.8. The van der Waals surface area contributed by atoms with E-state index in [1.807, 2.05) is 26.1 Å². The largest absolute Gasteiger partial charge is 0.492 e. The highest BCUT2D eigenvalue weighted by atomic mass is 16.5. The molecule has 1 aliphatic carbocycles. The Labute approximate surface area is 128 Å². The molecule has 1 atom stereocenters. The van der Waals surface area contributed by atoms with Crippen molar-refractivity contribution in [2.45, 2.75) is 64.0 Å². The van der Waals surface area contributed by atoms with Crippen LogP contribution in [0.1, 0.15) is 64.0 Å². The minimum Gasteiger partial charge on any atom is -0.492 e. The SMILES string of the molecule is CCOc1cncc(C(N)C2(OCC)CCCCCC2)c1. The van der Waals surface area contributed by atoms with Crippen LogP contribution in [0.4, 0.5) is 0 Å². The summed E-state index contributed by atoms with van der Waals surface area (Å²) in [7, 11) is 0. The maximum absolute atomic E-state index is 6.60. The van der Waals surface area contributed by atoms with Crippen molar-refractivity contribution in [2.24, 2.45) is 5.73 Å². The number of aromatic nitrogens is 1. The first-order chi connectivity index (χ1) is 10.2. The fourth-order valence-electron chi connectivity index (χ4n) is 3.31. The molecule has 1 unspecified atom stereocenters. The molecule has 0 aromatic carbocycles. The molecule has 1 aliphatic rings. The molecular formula is C17H28N2O2. The summed E-state index contributed by atoms with van der Waals surface area (Å²) in [6.45, 7) is 5.36. The van der Waals surface area contributed by atoms with Crippen LogP contribution in [0.2, 0.25) is 0 Å². The van der Waals surface area contributed by atoms with Crippen molar-refractivity contribution in [1.29, 1.82) is 0 Å². The van der Waals surface area contributed by atoms with Gasteiger partial charge in [0.25, 0.3) is 0 Å². The molecule has 2 rings (SSSR count). The van der Waals surface area contributed by atoms with Gasteiger partial charge in [-0.1, -0.05) is 25.7 Å². The Morgan fingerprint density at radius 2 is 1.86 bits per heavy atom. The molecule has 0 bridgehead atoms. The average Bonchev–Trinajstić information content (AvgIpc) is 2.74. The smallest absolute Gasteiger partial charge is 0.137 e. The van der Waals surface area contributed by atoms with Gasteiger partial charge in [-0.15, -0.1) is 0 Å². The van der Waals surface area contributed by atoms with Crippen molar-refractivity contribution in [3.05, 3.63) is 24.0 Å². The Balaban J connectivity index is 2.24. The number of ether oxygens (including phenoxy) is 2. The molecule has 0 aliphatic heterocycles. The van der Waals surface area contributed by atoms with Gasteiger partial charge in [-0.2, -0.15) is 0 Å². The van der Waals surface area contributed by atoms with Crippen LogP contribution in [0.15, 0.2) is 18.5 Å². The van der Waals surface area contributed by atoms with E-state index < -0.39 is 0 Å². The lowest BCUT2D eigenvalue weighted by Crippen LogP contribution is -2.43. The fourth-order valence-corrected chi connectivity index (χ4v) is 3.31. The summed E-state index contributed by atoms with van der Waals surface area (Å²) in [5, 5.41) is 0. The fraction of sp³-hybridized carbons (Fsp3) is 0.706. The predicted molar refractivity (Wildman–Crippen MR) is 84.4 cm³/mol. The van der Waals surface area contributed by atoms with Crippen LogP contribution in [-0.2, 0) is 4.74 Å². The van der Waals surface area contributed by atoms with Gasteiger partial charge >= 0.3 is 0 Å². The lowest BCUT2D eigenvalue weighted by molar-refractivity contribution is -0.0696. The van der Waals surface area contributed by atoms with Crippen molar-refractivity contribution < 1.29 is 9.47 Å². The van der Waals surface area contributed by atoms with E-state index in [2.05, 4.69) is 4.98 Å². The summed E-state index contributed by atoms with van der Waals surface area (Å²) in [5.41, 5.74) is 7.36. The second kappa shape index (κ2) is 7.76. The number of hydrogen-bond acceptors (Lipinski definition) is 4. The number of rotatable bonds is 6. The molecule has 0 saturated heterocycles. The molecule has 1 saturated carbocycles. The number of hydrogen-bond donors (Lipinski definition) is 1. The molecule has 2 N–H and O–H groups in total. The second-order valence-electron chi connectivity index (χ2n) is 5.78. The monoisotopic (exact) mass is 292 g/mol.